The topological polar surface area (TPSA) is 67.6 Å². The molecule has 1 N–H and O–H groups in total. The van der Waals surface area contributed by atoms with Gasteiger partial charge in [-0.05, 0) is 13.0 Å². The third-order valence-corrected chi connectivity index (χ3v) is 5.56. The monoisotopic (exact) mass is 311 g/mol. The standard InChI is InChI=1S/C14H25N3O3Si/c1-11-7-13-12(9-16(11)14(18)19)8-15-17(13)10-20-5-6-21(2,3)4/h8,11H,5-7,9-10H2,1-4H3,(H,18,19). The van der Waals surface area contributed by atoms with Gasteiger partial charge in [0.05, 0.1) is 12.7 Å². The molecule has 0 radical (unpaired) electrons. The van der Waals surface area contributed by atoms with Crippen LogP contribution in [0.1, 0.15) is 18.2 Å². The number of hydrogen-bond acceptors (Lipinski definition) is 3. The Kier molecular flexibility index (Phi) is 4.73. The van der Waals surface area contributed by atoms with Crippen LogP contribution in [0.5, 0.6) is 0 Å². The van der Waals surface area contributed by atoms with Gasteiger partial charge in [-0.1, -0.05) is 19.6 Å². The molecule has 6 nitrogen and oxygen atoms in total. The van der Waals surface area contributed by atoms with Crippen molar-refractivity contribution in [3.63, 3.8) is 0 Å². The molecule has 1 aliphatic heterocycles. The molecule has 0 saturated carbocycles. The summed E-state index contributed by atoms with van der Waals surface area (Å²) in [5.41, 5.74) is 2.09. The predicted molar refractivity (Wildman–Crippen MR) is 83.1 cm³/mol. The SMILES string of the molecule is CC1Cc2c(cnn2COCC[Si](C)(C)C)CN1C(=O)O. The Hall–Kier alpha value is -1.34. The van der Waals surface area contributed by atoms with Crippen LogP contribution in [-0.2, 0) is 24.4 Å². The van der Waals surface area contributed by atoms with Gasteiger partial charge in [-0.15, -0.1) is 0 Å². The first-order chi connectivity index (χ1) is 9.78. The number of rotatable bonds is 5. The Balaban J connectivity index is 1.95. The summed E-state index contributed by atoms with van der Waals surface area (Å²) in [5, 5.41) is 13.5. The van der Waals surface area contributed by atoms with E-state index in [2.05, 4.69) is 24.7 Å². The molecule has 1 amide bonds. The molecule has 0 bridgehead atoms. The van der Waals surface area contributed by atoms with Gasteiger partial charge in [0.15, 0.2) is 0 Å². The zero-order valence-electron chi connectivity index (χ0n) is 13.3. The van der Waals surface area contributed by atoms with Gasteiger partial charge >= 0.3 is 6.09 Å². The Labute approximate surface area is 126 Å². The number of fused-ring (bicyclic) bond motifs is 1. The van der Waals surface area contributed by atoms with Gasteiger partial charge in [0.1, 0.15) is 6.73 Å². The third kappa shape index (κ3) is 4.07. The van der Waals surface area contributed by atoms with Crippen LogP contribution in [-0.4, -0.2) is 46.6 Å². The van der Waals surface area contributed by atoms with Crippen molar-refractivity contribution >= 4 is 14.2 Å². The molecule has 1 aliphatic rings. The van der Waals surface area contributed by atoms with Crippen LogP contribution < -0.4 is 0 Å². The first-order valence-electron chi connectivity index (χ1n) is 7.39. The number of amides is 1. The van der Waals surface area contributed by atoms with Crippen molar-refractivity contribution in [2.24, 2.45) is 0 Å². The molecule has 21 heavy (non-hydrogen) atoms. The number of ether oxygens (including phenoxy) is 1. The molecule has 0 fully saturated rings. The minimum absolute atomic E-state index is 0.0209. The Bertz CT molecular complexity index is 510. The van der Waals surface area contributed by atoms with E-state index in [1.54, 1.807) is 6.20 Å². The van der Waals surface area contributed by atoms with Crippen molar-refractivity contribution in [3.05, 3.63) is 17.5 Å². The van der Waals surface area contributed by atoms with Gasteiger partial charge in [0.2, 0.25) is 0 Å². The summed E-state index contributed by atoms with van der Waals surface area (Å²) in [6, 6.07) is 1.12. The maximum absolute atomic E-state index is 11.2. The first-order valence-corrected chi connectivity index (χ1v) is 11.1. The third-order valence-electron chi connectivity index (χ3n) is 3.85. The lowest BCUT2D eigenvalue weighted by molar-refractivity contribution is 0.0736. The smallest absolute Gasteiger partial charge is 0.407 e. The first kappa shape index (κ1) is 16.0. The zero-order valence-corrected chi connectivity index (χ0v) is 14.3. The number of hydrogen-bond donors (Lipinski definition) is 1. The Morgan fingerprint density at radius 3 is 2.86 bits per heavy atom. The minimum Gasteiger partial charge on any atom is -0.465 e. The zero-order chi connectivity index (χ0) is 15.6. The van der Waals surface area contributed by atoms with E-state index in [1.807, 2.05) is 11.6 Å². The normalized spacial score (nSPS) is 18.7. The quantitative estimate of drug-likeness (QED) is 0.670. The molecule has 0 aromatic carbocycles. The summed E-state index contributed by atoms with van der Waals surface area (Å²) in [6.07, 6.45) is 1.59. The molecule has 2 rings (SSSR count). The van der Waals surface area contributed by atoms with E-state index < -0.39 is 14.2 Å². The van der Waals surface area contributed by atoms with Crippen LogP contribution >= 0.6 is 0 Å². The summed E-state index contributed by atoms with van der Waals surface area (Å²) >= 11 is 0. The number of carboxylic acid groups (broad SMARTS) is 1. The number of aromatic nitrogens is 2. The van der Waals surface area contributed by atoms with E-state index in [0.29, 0.717) is 19.7 Å². The van der Waals surface area contributed by atoms with Crippen LogP contribution in [0.3, 0.4) is 0 Å². The number of carbonyl (C=O) groups is 1. The van der Waals surface area contributed by atoms with Gasteiger partial charge in [-0.25, -0.2) is 9.48 Å². The number of nitrogens with zero attached hydrogens (tertiary/aromatic N) is 3. The summed E-state index contributed by atoms with van der Waals surface area (Å²) in [6.45, 7) is 10.6. The highest BCUT2D eigenvalue weighted by Crippen LogP contribution is 2.23. The molecule has 0 saturated heterocycles. The van der Waals surface area contributed by atoms with Gasteiger partial charge < -0.3 is 14.7 Å². The average molecular weight is 311 g/mol. The summed E-state index contributed by atoms with van der Waals surface area (Å²) in [7, 11) is -1.07. The van der Waals surface area contributed by atoms with Crippen LogP contribution in [0.2, 0.25) is 25.7 Å². The van der Waals surface area contributed by atoms with E-state index in [-0.39, 0.29) is 6.04 Å². The van der Waals surface area contributed by atoms with Crippen molar-refractivity contribution in [2.75, 3.05) is 6.61 Å². The lowest BCUT2D eigenvalue weighted by atomic mass is 10.0. The second-order valence-electron chi connectivity index (χ2n) is 6.93. The van der Waals surface area contributed by atoms with Crippen molar-refractivity contribution in [3.8, 4) is 0 Å². The molecule has 0 spiro atoms. The summed E-state index contributed by atoms with van der Waals surface area (Å²) in [5.74, 6) is 0. The van der Waals surface area contributed by atoms with E-state index in [1.165, 1.54) is 4.90 Å². The molecule has 0 aliphatic carbocycles. The molecular formula is C14H25N3O3Si. The van der Waals surface area contributed by atoms with Crippen molar-refractivity contribution < 1.29 is 14.6 Å². The van der Waals surface area contributed by atoms with Crippen LogP contribution in [0.25, 0.3) is 0 Å². The van der Waals surface area contributed by atoms with Crippen molar-refractivity contribution in [1.82, 2.24) is 14.7 Å². The molecule has 1 aromatic heterocycles. The van der Waals surface area contributed by atoms with Crippen molar-refractivity contribution in [2.45, 2.75) is 58.3 Å². The summed E-state index contributed by atoms with van der Waals surface area (Å²) < 4.78 is 7.61. The Morgan fingerprint density at radius 1 is 1.52 bits per heavy atom. The molecular weight excluding hydrogens is 286 g/mol. The van der Waals surface area contributed by atoms with Gasteiger partial charge in [0.25, 0.3) is 0 Å². The van der Waals surface area contributed by atoms with Crippen LogP contribution in [0, 0.1) is 0 Å². The fraction of sp³-hybridized carbons (Fsp3) is 0.714. The molecule has 7 heteroatoms. The highest BCUT2D eigenvalue weighted by atomic mass is 28.3. The lowest BCUT2D eigenvalue weighted by Gasteiger charge is -2.31. The fourth-order valence-electron chi connectivity index (χ4n) is 2.44. The van der Waals surface area contributed by atoms with Gasteiger partial charge in [0, 0.05) is 38.4 Å². The van der Waals surface area contributed by atoms with Gasteiger partial charge in [-0.2, -0.15) is 5.10 Å². The van der Waals surface area contributed by atoms with E-state index in [4.69, 9.17) is 9.84 Å². The van der Waals surface area contributed by atoms with E-state index in [9.17, 15) is 4.79 Å². The predicted octanol–water partition coefficient (Wildman–Crippen LogP) is 2.62. The average Bonchev–Trinajstić information content (AvgIpc) is 2.74. The molecule has 1 aromatic rings. The lowest BCUT2D eigenvalue weighted by Crippen LogP contribution is -2.42. The maximum Gasteiger partial charge on any atom is 0.407 e. The van der Waals surface area contributed by atoms with E-state index >= 15 is 0 Å². The second-order valence-corrected chi connectivity index (χ2v) is 12.5. The van der Waals surface area contributed by atoms with Crippen LogP contribution in [0.4, 0.5) is 4.79 Å². The van der Waals surface area contributed by atoms with Crippen molar-refractivity contribution in [1.29, 1.82) is 0 Å². The summed E-state index contributed by atoms with van der Waals surface area (Å²) in [4.78, 5) is 12.6. The molecule has 1 atom stereocenters. The minimum atomic E-state index is -1.07. The highest BCUT2D eigenvalue weighted by molar-refractivity contribution is 6.76. The second kappa shape index (κ2) is 6.19. The molecule has 2 heterocycles. The highest BCUT2D eigenvalue weighted by Gasteiger charge is 2.29. The van der Waals surface area contributed by atoms with E-state index in [0.717, 1.165) is 23.9 Å². The largest absolute Gasteiger partial charge is 0.465 e. The molecule has 118 valence electrons. The fourth-order valence-corrected chi connectivity index (χ4v) is 3.20. The van der Waals surface area contributed by atoms with Crippen LogP contribution in [0.15, 0.2) is 6.20 Å². The Morgan fingerprint density at radius 2 is 2.24 bits per heavy atom. The van der Waals surface area contributed by atoms with Gasteiger partial charge in [-0.3, -0.25) is 0 Å². The molecule has 1 unspecified atom stereocenters. The maximum atomic E-state index is 11.2.